The van der Waals surface area contributed by atoms with Gasteiger partial charge in [-0.3, -0.25) is 0 Å². The SMILES string of the molecule is Cc1cccc(Cl)c1Nc1nccc(C)c1C(N)=S. The molecule has 1 aromatic carbocycles. The molecule has 98 valence electrons. The summed E-state index contributed by atoms with van der Waals surface area (Å²) >= 11 is 11.3. The van der Waals surface area contributed by atoms with Crippen molar-refractivity contribution < 1.29 is 0 Å². The molecule has 0 fully saturated rings. The summed E-state index contributed by atoms with van der Waals surface area (Å²) in [5, 5.41) is 3.86. The van der Waals surface area contributed by atoms with Gasteiger partial charge in [0.1, 0.15) is 10.8 Å². The predicted octanol–water partition coefficient (Wildman–Crippen LogP) is 3.73. The number of anilines is 2. The van der Waals surface area contributed by atoms with Gasteiger partial charge in [-0.25, -0.2) is 4.98 Å². The number of nitrogens with one attached hydrogen (secondary N) is 1. The van der Waals surface area contributed by atoms with Crippen LogP contribution in [0.4, 0.5) is 11.5 Å². The fraction of sp³-hybridized carbons (Fsp3) is 0.143. The van der Waals surface area contributed by atoms with Crippen LogP contribution in [-0.4, -0.2) is 9.97 Å². The third-order valence-corrected chi connectivity index (χ3v) is 3.39. The fourth-order valence-corrected chi connectivity index (χ4v) is 2.40. The molecule has 0 unspecified atom stereocenters. The molecule has 3 nitrogen and oxygen atoms in total. The van der Waals surface area contributed by atoms with Gasteiger partial charge >= 0.3 is 0 Å². The van der Waals surface area contributed by atoms with Gasteiger partial charge in [-0.1, -0.05) is 36.0 Å². The lowest BCUT2D eigenvalue weighted by molar-refractivity contribution is 1.25. The van der Waals surface area contributed by atoms with Crippen LogP contribution in [0.5, 0.6) is 0 Å². The number of para-hydroxylation sites is 1. The van der Waals surface area contributed by atoms with Gasteiger partial charge in [-0.05, 0) is 37.1 Å². The van der Waals surface area contributed by atoms with E-state index in [0.717, 1.165) is 22.4 Å². The Kier molecular flexibility index (Phi) is 4.02. The molecular formula is C14H14ClN3S. The second-order valence-electron chi connectivity index (χ2n) is 4.27. The molecule has 0 saturated heterocycles. The zero-order valence-electron chi connectivity index (χ0n) is 10.7. The lowest BCUT2D eigenvalue weighted by Gasteiger charge is -2.15. The molecule has 0 spiro atoms. The Morgan fingerprint density at radius 1 is 1.26 bits per heavy atom. The maximum atomic E-state index is 6.20. The van der Waals surface area contributed by atoms with E-state index in [1.54, 1.807) is 6.20 Å². The van der Waals surface area contributed by atoms with Gasteiger partial charge in [-0.15, -0.1) is 0 Å². The first kappa shape index (κ1) is 13.8. The van der Waals surface area contributed by atoms with E-state index in [4.69, 9.17) is 29.6 Å². The number of rotatable bonds is 3. The molecule has 0 saturated carbocycles. The highest BCUT2D eigenvalue weighted by atomic mass is 35.5. The molecule has 1 heterocycles. The Morgan fingerprint density at radius 3 is 2.63 bits per heavy atom. The molecule has 0 aliphatic carbocycles. The van der Waals surface area contributed by atoms with E-state index in [-0.39, 0.29) is 0 Å². The van der Waals surface area contributed by atoms with Crippen molar-refractivity contribution in [2.45, 2.75) is 13.8 Å². The highest BCUT2D eigenvalue weighted by molar-refractivity contribution is 7.80. The number of hydrogen-bond donors (Lipinski definition) is 2. The van der Waals surface area contributed by atoms with E-state index < -0.39 is 0 Å². The van der Waals surface area contributed by atoms with Gasteiger partial charge in [0.2, 0.25) is 0 Å². The minimum Gasteiger partial charge on any atom is -0.389 e. The Morgan fingerprint density at radius 2 is 2.00 bits per heavy atom. The zero-order chi connectivity index (χ0) is 14.0. The summed E-state index contributed by atoms with van der Waals surface area (Å²) in [7, 11) is 0. The minimum absolute atomic E-state index is 0.317. The van der Waals surface area contributed by atoms with E-state index in [2.05, 4.69) is 10.3 Å². The van der Waals surface area contributed by atoms with Gasteiger partial charge in [0.15, 0.2) is 0 Å². The summed E-state index contributed by atoms with van der Waals surface area (Å²) in [4.78, 5) is 4.62. The van der Waals surface area contributed by atoms with Crippen LogP contribution in [0, 0.1) is 13.8 Å². The van der Waals surface area contributed by atoms with Gasteiger partial charge in [0.25, 0.3) is 0 Å². The molecule has 0 radical (unpaired) electrons. The second kappa shape index (κ2) is 5.55. The van der Waals surface area contributed by atoms with Crippen LogP contribution in [0.3, 0.4) is 0 Å². The lowest BCUT2D eigenvalue weighted by Crippen LogP contribution is -2.15. The predicted molar refractivity (Wildman–Crippen MR) is 84.3 cm³/mol. The Balaban J connectivity index is 2.50. The molecule has 19 heavy (non-hydrogen) atoms. The van der Waals surface area contributed by atoms with Gasteiger partial charge in [0.05, 0.1) is 16.3 Å². The first-order chi connectivity index (χ1) is 9.00. The number of thiocarbonyl (C=S) groups is 1. The summed E-state index contributed by atoms with van der Waals surface area (Å²) in [5.74, 6) is 0.628. The van der Waals surface area contributed by atoms with E-state index in [1.165, 1.54) is 0 Å². The summed E-state index contributed by atoms with van der Waals surface area (Å²) in [5.41, 5.74) is 9.34. The highest BCUT2D eigenvalue weighted by Gasteiger charge is 2.12. The maximum Gasteiger partial charge on any atom is 0.140 e. The Labute approximate surface area is 122 Å². The van der Waals surface area contributed by atoms with Crippen LogP contribution in [-0.2, 0) is 0 Å². The molecule has 0 amide bonds. The third-order valence-electron chi connectivity index (χ3n) is 2.87. The van der Waals surface area contributed by atoms with Crippen molar-refractivity contribution in [1.82, 2.24) is 4.98 Å². The molecule has 0 bridgehead atoms. The molecule has 2 aromatic rings. The fourth-order valence-electron chi connectivity index (χ4n) is 1.87. The van der Waals surface area contributed by atoms with Crippen molar-refractivity contribution in [3.8, 4) is 0 Å². The zero-order valence-corrected chi connectivity index (χ0v) is 12.3. The van der Waals surface area contributed by atoms with E-state index >= 15 is 0 Å². The summed E-state index contributed by atoms with van der Waals surface area (Å²) in [6.07, 6.45) is 1.71. The Hall–Kier alpha value is -1.65. The average molecular weight is 292 g/mol. The van der Waals surface area contributed by atoms with Crippen molar-refractivity contribution in [3.05, 3.63) is 52.2 Å². The van der Waals surface area contributed by atoms with Crippen LogP contribution < -0.4 is 11.1 Å². The molecule has 2 rings (SSSR count). The standard InChI is InChI=1S/C14H14ClN3S/c1-8-6-7-17-14(11(8)13(16)19)18-12-9(2)4-3-5-10(12)15/h3-7H,1-2H3,(H2,16,19)(H,17,18). The van der Waals surface area contributed by atoms with Crippen LogP contribution in [0.25, 0.3) is 0 Å². The molecule has 1 aromatic heterocycles. The number of aromatic nitrogens is 1. The summed E-state index contributed by atoms with van der Waals surface area (Å²) in [6, 6.07) is 7.58. The highest BCUT2D eigenvalue weighted by Crippen LogP contribution is 2.29. The largest absolute Gasteiger partial charge is 0.389 e. The number of nitrogens with zero attached hydrogens (tertiary/aromatic N) is 1. The first-order valence-electron chi connectivity index (χ1n) is 5.78. The van der Waals surface area contributed by atoms with Crippen LogP contribution in [0.15, 0.2) is 30.5 Å². The Bertz CT molecular complexity index is 620. The molecule has 0 atom stereocenters. The molecule has 5 heteroatoms. The van der Waals surface area contributed by atoms with Crippen molar-refractivity contribution in [3.63, 3.8) is 0 Å². The van der Waals surface area contributed by atoms with Gasteiger partial charge in [-0.2, -0.15) is 0 Å². The molecular weight excluding hydrogens is 278 g/mol. The van der Waals surface area contributed by atoms with Crippen molar-refractivity contribution in [2.75, 3.05) is 5.32 Å². The number of halogens is 1. The molecule has 0 aliphatic rings. The maximum absolute atomic E-state index is 6.20. The number of nitrogens with two attached hydrogens (primary N) is 1. The third kappa shape index (κ3) is 2.85. The van der Waals surface area contributed by atoms with Crippen molar-refractivity contribution in [1.29, 1.82) is 0 Å². The van der Waals surface area contributed by atoms with Crippen molar-refractivity contribution in [2.24, 2.45) is 5.73 Å². The normalized spacial score (nSPS) is 10.3. The lowest BCUT2D eigenvalue weighted by atomic mass is 10.1. The second-order valence-corrected chi connectivity index (χ2v) is 5.12. The smallest absolute Gasteiger partial charge is 0.140 e. The topological polar surface area (TPSA) is 50.9 Å². The first-order valence-corrected chi connectivity index (χ1v) is 6.57. The number of pyridine rings is 1. The van der Waals surface area contributed by atoms with Crippen molar-refractivity contribution >= 4 is 40.3 Å². The van der Waals surface area contributed by atoms with E-state index in [1.807, 2.05) is 38.1 Å². The quantitative estimate of drug-likeness (QED) is 0.846. The van der Waals surface area contributed by atoms with E-state index in [9.17, 15) is 0 Å². The summed E-state index contributed by atoms with van der Waals surface area (Å²) < 4.78 is 0. The molecule has 3 N–H and O–H groups in total. The van der Waals surface area contributed by atoms with E-state index in [0.29, 0.717) is 15.8 Å². The van der Waals surface area contributed by atoms with Gasteiger partial charge < -0.3 is 11.1 Å². The summed E-state index contributed by atoms with van der Waals surface area (Å²) in [6.45, 7) is 3.92. The average Bonchev–Trinajstić information content (AvgIpc) is 2.33. The van der Waals surface area contributed by atoms with Crippen LogP contribution in [0.1, 0.15) is 16.7 Å². The van der Waals surface area contributed by atoms with Crippen LogP contribution in [0.2, 0.25) is 5.02 Å². The number of aryl methyl sites for hydroxylation is 2. The monoisotopic (exact) mass is 291 g/mol. The number of benzene rings is 1. The van der Waals surface area contributed by atoms with Crippen LogP contribution >= 0.6 is 23.8 Å². The molecule has 0 aliphatic heterocycles. The number of hydrogen-bond acceptors (Lipinski definition) is 3. The van der Waals surface area contributed by atoms with Gasteiger partial charge in [0, 0.05) is 6.20 Å². The minimum atomic E-state index is 0.317.